The van der Waals surface area contributed by atoms with Crippen molar-refractivity contribution in [3.8, 4) is 22.8 Å². The van der Waals surface area contributed by atoms with Crippen molar-refractivity contribution in [3.05, 3.63) is 40.7 Å². The van der Waals surface area contributed by atoms with Crippen molar-refractivity contribution in [1.82, 2.24) is 15.1 Å². The van der Waals surface area contributed by atoms with Crippen molar-refractivity contribution < 1.29 is 14.3 Å². The summed E-state index contributed by atoms with van der Waals surface area (Å²) in [5.41, 5.74) is 0.831. The average Bonchev–Trinajstić information content (AvgIpc) is 2.60. The highest BCUT2D eigenvalue weighted by atomic mass is 16.5. The van der Waals surface area contributed by atoms with Crippen LogP contribution in [0.3, 0.4) is 0 Å². The summed E-state index contributed by atoms with van der Waals surface area (Å²) < 4.78 is 11.6. The molecule has 1 heterocycles. The zero-order valence-electron chi connectivity index (χ0n) is 15.1. The number of hydrogen-bond donors (Lipinski definition) is 1. The van der Waals surface area contributed by atoms with Gasteiger partial charge < -0.3 is 14.8 Å². The number of ether oxygens (including phenoxy) is 2. The Hall–Kier alpha value is -2.83. The van der Waals surface area contributed by atoms with E-state index in [-0.39, 0.29) is 11.9 Å². The molecule has 2 rings (SSSR count). The smallest absolute Gasteiger partial charge is 0.271 e. The molecule has 7 nitrogen and oxygen atoms in total. The number of rotatable bonds is 6. The Morgan fingerprint density at radius 3 is 2.28 bits per heavy atom. The highest BCUT2D eigenvalue weighted by Crippen LogP contribution is 2.28. The summed E-state index contributed by atoms with van der Waals surface area (Å²) in [6.45, 7) is 5.35. The molecule has 0 aliphatic heterocycles. The van der Waals surface area contributed by atoms with Crippen molar-refractivity contribution in [1.29, 1.82) is 0 Å². The Morgan fingerprint density at radius 2 is 1.76 bits per heavy atom. The minimum atomic E-state index is -0.738. The minimum absolute atomic E-state index is 0.0232. The van der Waals surface area contributed by atoms with Gasteiger partial charge in [-0.2, -0.15) is 5.10 Å². The van der Waals surface area contributed by atoms with Gasteiger partial charge in [0.15, 0.2) is 5.75 Å². The fourth-order valence-corrected chi connectivity index (χ4v) is 2.35. The summed E-state index contributed by atoms with van der Waals surface area (Å²) in [5.74, 6) is 0.791. The third kappa shape index (κ3) is 4.17. The van der Waals surface area contributed by atoms with Gasteiger partial charge in [0.05, 0.1) is 14.2 Å². The van der Waals surface area contributed by atoms with Gasteiger partial charge in [0, 0.05) is 17.7 Å². The Labute approximate surface area is 146 Å². The fraction of sp³-hybridized carbons (Fsp3) is 0.389. The molecule has 1 N–H and O–H groups in total. The first-order valence-corrected chi connectivity index (χ1v) is 8.00. The monoisotopic (exact) mass is 345 g/mol. The highest BCUT2D eigenvalue weighted by Gasteiger charge is 2.21. The maximum absolute atomic E-state index is 12.3. The number of aromatic nitrogens is 2. The molecule has 1 aromatic carbocycles. The number of carbonyl (C=O) groups is 1. The van der Waals surface area contributed by atoms with Crippen LogP contribution in [0.2, 0.25) is 0 Å². The second kappa shape index (κ2) is 7.83. The van der Waals surface area contributed by atoms with E-state index in [4.69, 9.17) is 9.47 Å². The van der Waals surface area contributed by atoms with E-state index in [0.717, 1.165) is 5.56 Å². The Morgan fingerprint density at radius 1 is 1.12 bits per heavy atom. The normalized spacial score (nSPS) is 11.9. The predicted octanol–water partition coefficient (Wildman–Crippen LogP) is 2.01. The number of benzene rings is 1. The summed E-state index contributed by atoms with van der Waals surface area (Å²) in [6.07, 6.45) is 0. The van der Waals surface area contributed by atoms with Gasteiger partial charge in [0.1, 0.15) is 17.5 Å². The summed E-state index contributed by atoms with van der Waals surface area (Å²) in [5, 5.41) is 7.16. The van der Waals surface area contributed by atoms with Crippen molar-refractivity contribution in [2.24, 2.45) is 0 Å². The van der Waals surface area contributed by atoms with Gasteiger partial charge in [0.25, 0.3) is 5.56 Å². The molecular weight excluding hydrogens is 322 g/mol. The van der Waals surface area contributed by atoms with Crippen molar-refractivity contribution in [3.63, 3.8) is 0 Å². The molecule has 1 amide bonds. The highest BCUT2D eigenvalue weighted by molar-refractivity contribution is 5.80. The second-order valence-electron chi connectivity index (χ2n) is 5.91. The third-order valence-corrected chi connectivity index (χ3v) is 3.68. The first-order valence-electron chi connectivity index (χ1n) is 8.00. The number of carbonyl (C=O) groups excluding carboxylic acids is 1. The van der Waals surface area contributed by atoms with Crippen LogP contribution in [0.1, 0.15) is 26.8 Å². The average molecular weight is 345 g/mol. The van der Waals surface area contributed by atoms with Gasteiger partial charge in [-0.05, 0) is 45.0 Å². The molecule has 1 atom stereocenters. The molecule has 2 aromatic rings. The van der Waals surface area contributed by atoms with Crippen LogP contribution >= 0.6 is 0 Å². The number of nitrogens with zero attached hydrogens (tertiary/aromatic N) is 2. The van der Waals surface area contributed by atoms with Crippen LogP contribution in [0.15, 0.2) is 35.1 Å². The lowest BCUT2D eigenvalue weighted by molar-refractivity contribution is -0.124. The molecule has 0 radical (unpaired) electrons. The van der Waals surface area contributed by atoms with E-state index in [1.54, 1.807) is 26.2 Å². The zero-order valence-corrected chi connectivity index (χ0v) is 15.1. The standard InChI is InChI=1S/C18H23N3O4/c1-11(2)19-18(23)12(3)21-16(22)10-15(25-5)17(20-21)13-6-8-14(24-4)9-7-13/h6-12H,1-5H3,(H,19,23)/t12-/m1/s1. The molecule has 7 heteroatoms. The number of amides is 1. The largest absolute Gasteiger partial charge is 0.497 e. The Kier molecular flexibility index (Phi) is 5.80. The van der Waals surface area contributed by atoms with E-state index in [9.17, 15) is 9.59 Å². The second-order valence-corrected chi connectivity index (χ2v) is 5.91. The van der Waals surface area contributed by atoms with E-state index in [2.05, 4.69) is 10.4 Å². The molecule has 0 bridgehead atoms. The fourth-order valence-electron chi connectivity index (χ4n) is 2.35. The molecule has 0 fully saturated rings. The van der Waals surface area contributed by atoms with Crippen LogP contribution in [0.4, 0.5) is 0 Å². The van der Waals surface area contributed by atoms with Gasteiger partial charge in [-0.25, -0.2) is 4.68 Å². The maximum atomic E-state index is 12.3. The van der Waals surface area contributed by atoms with E-state index in [1.165, 1.54) is 17.9 Å². The quantitative estimate of drug-likeness (QED) is 0.866. The van der Waals surface area contributed by atoms with Gasteiger partial charge in [-0.1, -0.05) is 0 Å². The minimum Gasteiger partial charge on any atom is -0.497 e. The molecule has 0 saturated carbocycles. The first-order chi connectivity index (χ1) is 11.9. The molecule has 1 aromatic heterocycles. The lowest BCUT2D eigenvalue weighted by Crippen LogP contribution is -2.39. The molecule has 0 unspecified atom stereocenters. The molecule has 0 aliphatic rings. The van der Waals surface area contributed by atoms with E-state index < -0.39 is 11.6 Å². The van der Waals surface area contributed by atoms with Crippen molar-refractivity contribution in [2.75, 3.05) is 14.2 Å². The Balaban J connectivity index is 2.49. The van der Waals surface area contributed by atoms with Gasteiger partial charge in [-0.3, -0.25) is 9.59 Å². The molecule has 134 valence electrons. The third-order valence-electron chi connectivity index (χ3n) is 3.68. The van der Waals surface area contributed by atoms with Crippen LogP contribution in [0.5, 0.6) is 11.5 Å². The van der Waals surface area contributed by atoms with Crippen molar-refractivity contribution >= 4 is 5.91 Å². The molecular formula is C18H23N3O4. The number of nitrogens with one attached hydrogen (secondary N) is 1. The lowest BCUT2D eigenvalue weighted by Gasteiger charge is -2.18. The Bertz CT molecular complexity index is 797. The SMILES string of the molecule is COc1ccc(-c2nn([C@H](C)C(=O)NC(C)C)c(=O)cc2OC)cc1. The summed E-state index contributed by atoms with van der Waals surface area (Å²) in [6, 6.07) is 7.80. The van der Waals surface area contributed by atoms with E-state index >= 15 is 0 Å². The topological polar surface area (TPSA) is 82.5 Å². The number of hydrogen-bond acceptors (Lipinski definition) is 5. The van der Waals surface area contributed by atoms with Crippen molar-refractivity contribution in [2.45, 2.75) is 32.9 Å². The van der Waals surface area contributed by atoms with Crippen LogP contribution in [0.25, 0.3) is 11.3 Å². The molecule has 0 saturated heterocycles. The summed E-state index contributed by atoms with van der Waals surface area (Å²) >= 11 is 0. The lowest BCUT2D eigenvalue weighted by atomic mass is 10.1. The van der Waals surface area contributed by atoms with Crippen LogP contribution in [-0.2, 0) is 4.79 Å². The van der Waals surface area contributed by atoms with E-state index in [1.807, 2.05) is 26.0 Å². The number of methoxy groups -OCH3 is 2. The van der Waals surface area contributed by atoms with Gasteiger partial charge in [-0.15, -0.1) is 0 Å². The summed E-state index contributed by atoms with van der Waals surface area (Å²) in [7, 11) is 3.06. The van der Waals surface area contributed by atoms with Gasteiger partial charge in [0.2, 0.25) is 5.91 Å². The molecule has 0 aliphatic carbocycles. The molecule has 0 spiro atoms. The predicted molar refractivity (Wildman–Crippen MR) is 95.0 cm³/mol. The first kappa shape index (κ1) is 18.5. The maximum Gasteiger partial charge on any atom is 0.271 e. The van der Waals surface area contributed by atoms with Crippen LogP contribution in [0, 0.1) is 0 Å². The molecule has 25 heavy (non-hydrogen) atoms. The zero-order chi connectivity index (χ0) is 18.6. The summed E-state index contributed by atoms with van der Waals surface area (Å²) in [4.78, 5) is 24.6. The van der Waals surface area contributed by atoms with E-state index in [0.29, 0.717) is 17.2 Å². The van der Waals surface area contributed by atoms with Crippen LogP contribution in [-0.4, -0.2) is 35.9 Å². The van der Waals surface area contributed by atoms with Crippen LogP contribution < -0.4 is 20.3 Å². The van der Waals surface area contributed by atoms with Gasteiger partial charge >= 0.3 is 0 Å².